The number of carbonyl (C=O) groups is 5. The molecule has 0 unspecified atom stereocenters. The van der Waals surface area contributed by atoms with E-state index in [4.69, 9.17) is 32.8 Å². The molecule has 0 N–H and O–H groups in total. The number of ether oxygens (including phenoxy) is 1. The average molecular weight is 512 g/mol. The highest BCUT2D eigenvalue weighted by atomic mass is 35.5. The van der Waals surface area contributed by atoms with Gasteiger partial charge in [-0.05, 0) is 41.5 Å². The van der Waals surface area contributed by atoms with Gasteiger partial charge in [-0.2, -0.15) is 10.0 Å². The van der Waals surface area contributed by atoms with Crippen molar-refractivity contribution in [1.29, 1.82) is 0 Å². The molecule has 33 heavy (non-hydrogen) atoms. The van der Waals surface area contributed by atoms with Crippen LogP contribution in [0.4, 0.5) is 0 Å². The highest BCUT2D eigenvalue weighted by Gasteiger charge is 2.35. The third-order valence-electron chi connectivity index (χ3n) is 3.34. The van der Waals surface area contributed by atoms with Gasteiger partial charge in [0.25, 0.3) is 11.8 Å². The van der Waals surface area contributed by atoms with Gasteiger partial charge < -0.3 is 9.57 Å². The molecule has 0 aromatic carbocycles. The van der Waals surface area contributed by atoms with Gasteiger partial charge in [-0.25, -0.2) is 0 Å². The van der Waals surface area contributed by atoms with E-state index in [9.17, 15) is 29.2 Å². The molecule has 0 saturated carbocycles. The number of nitrogens with zero attached hydrogens (tertiary/aromatic N) is 3. The van der Waals surface area contributed by atoms with Crippen LogP contribution in [0.5, 0.6) is 0 Å². The summed E-state index contributed by atoms with van der Waals surface area (Å²) in [4.78, 5) is 67.1. The van der Waals surface area contributed by atoms with E-state index in [2.05, 4.69) is 0 Å². The fourth-order valence-electron chi connectivity index (χ4n) is 2.25. The summed E-state index contributed by atoms with van der Waals surface area (Å²) < 4.78 is 5.10. The highest BCUT2D eigenvalue weighted by Crippen LogP contribution is 2.13. The van der Waals surface area contributed by atoms with Gasteiger partial charge in [0.1, 0.15) is 17.4 Å². The summed E-state index contributed by atoms with van der Waals surface area (Å²) in [7, 11) is 0. The maximum Gasteiger partial charge on any atom is 0.306 e. The smallest absolute Gasteiger partial charge is 0.306 e. The molecule has 0 aliphatic rings. The van der Waals surface area contributed by atoms with Gasteiger partial charge in [-0.3, -0.25) is 29.2 Å². The minimum absolute atomic E-state index is 0.167. The molecule has 0 bridgehead atoms. The third kappa shape index (κ3) is 12.4. The van der Waals surface area contributed by atoms with Crippen molar-refractivity contribution in [3.63, 3.8) is 0 Å². The molecule has 0 aliphatic heterocycles. The first-order valence-corrected chi connectivity index (χ1v) is 11.1. The summed E-state index contributed by atoms with van der Waals surface area (Å²) in [6, 6.07) is 0. The number of halogens is 2. The average Bonchev–Trinajstić information content (AvgIpc) is 2.66. The number of alkyl halides is 2. The van der Waals surface area contributed by atoms with Crippen molar-refractivity contribution in [2.75, 3.05) is 11.8 Å². The van der Waals surface area contributed by atoms with Crippen LogP contribution in [0.3, 0.4) is 0 Å². The Balaban J connectivity index is 5.54. The van der Waals surface area contributed by atoms with Crippen molar-refractivity contribution in [3.8, 4) is 0 Å². The Bertz CT molecular complexity index is 772. The number of hydrogen-bond acceptors (Lipinski definition) is 8. The number of esters is 1. The van der Waals surface area contributed by atoms with Crippen molar-refractivity contribution in [1.82, 2.24) is 10.0 Å². The van der Waals surface area contributed by atoms with Crippen molar-refractivity contribution in [3.05, 3.63) is 5.21 Å². The molecule has 0 saturated heterocycles. The maximum atomic E-state index is 12.7. The van der Waals surface area contributed by atoms with Crippen molar-refractivity contribution < 1.29 is 38.4 Å². The van der Waals surface area contributed by atoms with Gasteiger partial charge in [0.05, 0.1) is 12.0 Å². The molecule has 11 nitrogen and oxygen atoms in total. The van der Waals surface area contributed by atoms with Crippen molar-refractivity contribution in [2.24, 2.45) is 0 Å². The number of rotatable bonds is 9. The summed E-state index contributed by atoms with van der Waals surface area (Å²) in [6.07, 6.45) is -0.511. The van der Waals surface area contributed by atoms with Crippen LogP contribution >= 0.6 is 23.2 Å². The molecule has 0 aromatic heterocycles. The zero-order valence-corrected chi connectivity index (χ0v) is 21.2. The molecular formula is C20H31Cl2N3O8. The zero-order chi connectivity index (χ0) is 26.0. The van der Waals surface area contributed by atoms with Crippen molar-refractivity contribution >= 4 is 59.0 Å². The van der Waals surface area contributed by atoms with E-state index in [1.54, 1.807) is 41.5 Å². The van der Waals surface area contributed by atoms with Gasteiger partial charge in [0.15, 0.2) is 0 Å². The molecule has 0 heterocycles. The molecule has 0 aromatic rings. The fraction of sp³-hybridized carbons (Fsp3) is 0.700. The Morgan fingerprint density at radius 3 is 1.64 bits per heavy atom. The topological polar surface area (TPSA) is 136 Å². The van der Waals surface area contributed by atoms with Crippen LogP contribution in [0.25, 0.3) is 0 Å². The van der Waals surface area contributed by atoms with Crippen LogP contribution in [0.15, 0.2) is 0 Å². The Labute approximate surface area is 203 Å². The summed E-state index contributed by atoms with van der Waals surface area (Å²) in [5.41, 5.74) is -1.56. The van der Waals surface area contributed by atoms with Crippen molar-refractivity contribution in [2.45, 2.75) is 78.4 Å². The number of amides is 4. The summed E-state index contributed by atoms with van der Waals surface area (Å²) >= 11 is 11.1. The van der Waals surface area contributed by atoms with Gasteiger partial charge in [-0.1, -0.05) is 0 Å². The lowest BCUT2D eigenvalue weighted by Crippen LogP contribution is -2.56. The van der Waals surface area contributed by atoms with Gasteiger partial charge in [-0.15, -0.1) is 23.2 Å². The van der Waals surface area contributed by atoms with Crippen LogP contribution in [-0.4, -0.2) is 73.7 Å². The first-order chi connectivity index (χ1) is 15.0. The second-order valence-electron chi connectivity index (χ2n) is 8.76. The number of imide groups is 2. The minimum atomic E-state index is -1.07. The Kier molecular flexibility index (Phi) is 12.4. The van der Waals surface area contributed by atoms with Crippen LogP contribution in [0, 0.1) is 5.21 Å². The second kappa shape index (κ2) is 13.3. The predicted octanol–water partition coefficient (Wildman–Crippen LogP) is 2.30. The van der Waals surface area contributed by atoms with Gasteiger partial charge in [0, 0.05) is 24.2 Å². The molecule has 4 amide bonds. The van der Waals surface area contributed by atoms with Gasteiger partial charge >= 0.3 is 5.97 Å². The quantitative estimate of drug-likeness (QED) is 0.151. The Hall–Kier alpha value is -2.40. The molecule has 0 fully saturated rings. The third-order valence-corrected chi connectivity index (χ3v) is 3.79. The number of carbonyl (C=O) groups excluding carboxylic acids is 5. The lowest BCUT2D eigenvalue weighted by atomic mass is 10.2. The standard InChI is InChI=1S/C20H31Cl2N3O8/c1-19(2,3)32-18(30)10-9-15(27)25(17(29)13-22)24(16(28)12-21)14(26)8-7-11-23(31)33-20(4,5)6/h11H,7-10,12-13H2,1-6H3/b23-11+. The number of hydrogen-bond donors (Lipinski definition) is 0. The summed E-state index contributed by atoms with van der Waals surface area (Å²) in [6.45, 7) is 9.87. The Morgan fingerprint density at radius 2 is 1.24 bits per heavy atom. The molecule has 0 atom stereocenters. The van der Waals surface area contributed by atoms with E-state index in [-0.39, 0.29) is 21.3 Å². The van der Waals surface area contributed by atoms with Crippen LogP contribution in [-0.2, 0) is 33.5 Å². The first kappa shape index (κ1) is 30.6. The number of hydrazine groups is 1. The normalized spacial score (nSPS) is 12.1. The molecular weight excluding hydrogens is 481 g/mol. The fourth-order valence-corrected chi connectivity index (χ4v) is 2.48. The van der Waals surface area contributed by atoms with Crippen LogP contribution < -0.4 is 0 Å². The zero-order valence-electron chi connectivity index (χ0n) is 19.7. The molecule has 0 spiro atoms. The van der Waals surface area contributed by atoms with E-state index in [0.29, 0.717) is 0 Å². The maximum absolute atomic E-state index is 12.7. The highest BCUT2D eigenvalue weighted by molar-refractivity contribution is 6.30. The molecule has 188 valence electrons. The van der Waals surface area contributed by atoms with E-state index in [1.165, 1.54) is 0 Å². The summed E-state index contributed by atoms with van der Waals surface area (Å²) in [5, 5.41) is 12.2. The van der Waals surface area contributed by atoms with E-state index >= 15 is 0 Å². The first-order valence-electron chi connectivity index (χ1n) is 10.1. The Morgan fingerprint density at radius 1 is 0.788 bits per heavy atom. The van der Waals surface area contributed by atoms with E-state index < -0.39 is 71.8 Å². The second-order valence-corrected chi connectivity index (χ2v) is 9.30. The molecule has 0 rings (SSSR count). The largest absolute Gasteiger partial charge is 0.460 e. The van der Waals surface area contributed by atoms with E-state index in [1.807, 2.05) is 0 Å². The summed E-state index contributed by atoms with van der Waals surface area (Å²) in [5.74, 6) is -6.29. The monoisotopic (exact) mass is 511 g/mol. The predicted molar refractivity (Wildman–Crippen MR) is 120 cm³/mol. The van der Waals surface area contributed by atoms with E-state index in [0.717, 1.165) is 6.21 Å². The van der Waals surface area contributed by atoms with Crippen LogP contribution in [0.2, 0.25) is 0 Å². The SMILES string of the molecule is CC(C)(C)OC(=O)CCC(=O)N(C(=O)CCl)N(C(=O)CCl)C(=O)CC/C=[N+](\[O-])OC(C)(C)C. The molecule has 0 radical (unpaired) electrons. The molecule has 0 aliphatic carbocycles. The van der Waals surface area contributed by atoms with Gasteiger partial charge in [0.2, 0.25) is 18.0 Å². The van der Waals surface area contributed by atoms with Crippen LogP contribution in [0.1, 0.15) is 67.2 Å². The minimum Gasteiger partial charge on any atom is -0.460 e. The molecule has 13 heteroatoms. The lowest BCUT2D eigenvalue weighted by molar-refractivity contribution is -0.760. The lowest BCUT2D eigenvalue weighted by Gasteiger charge is -2.30.